The van der Waals surface area contributed by atoms with Gasteiger partial charge in [-0.3, -0.25) is 4.98 Å². The molecule has 1 aliphatic rings. The first-order valence-corrected chi connectivity index (χ1v) is 7.37. The molecule has 0 aliphatic carbocycles. The molecule has 0 fully saturated rings. The van der Waals surface area contributed by atoms with Crippen molar-refractivity contribution in [1.82, 2.24) is 9.97 Å². The molecule has 0 amide bonds. The minimum absolute atomic E-state index is 0.542. The molecule has 1 aliphatic heterocycles. The van der Waals surface area contributed by atoms with Crippen molar-refractivity contribution in [3.63, 3.8) is 0 Å². The summed E-state index contributed by atoms with van der Waals surface area (Å²) in [6.07, 6.45) is 3.66. The lowest BCUT2D eigenvalue weighted by atomic mass is 10.1. The van der Waals surface area contributed by atoms with E-state index in [2.05, 4.69) is 15.3 Å². The second-order valence-corrected chi connectivity index (χ2v) is 6.05. The van der Waals surface area contributed by atoms with E-state index in [1.165, 1.54) is 0 Å². The zero-order chi connectivity index (χ0) is 14.2. The molecule has 0 saturated carbocycles. The molecular weight excluding hydrogens is 274 g/mol. The Morgan fingerprint density at radius 1 is 1.40 bits per heavy atom. The van der Waals surface area contributed by atoms with Gasteiger partial charge in [-0.15, -0.1) is 11.3 Å². The van der Waals surface area contributed by atoms with Gasteiger partial charge in [0.2, 0.25) is 5.79 Å². The predicted octanol–water partition coefficient (Wildman–Crippen LogP) is 3.10. The van der Waals surface area contributed by atoms with Crippen LogP contribution in [0.5, 0.6) is 5.75 Å². The van der Waals surface area contributed by atoms with Crippen LogP contribution in [-0.2, 0) is 17.9 Å². The Bertz CT molecular complexity index is 611. The molecule has 20 heavy (non-hydrogen) atoms. The fourth-order valence-electron chi connectivity index (χ4n) is 2.12. The van der Waals surface area contributed by atoms with Crippen LogP contribution in [0.25, 0.3) is 0 Å². The molecule has 0 unspecified atom stereocenters. The Labute approximate surface area is 122 Å². The zero-order valence-corrected chi connectivity index (χ0v) is 12.6. The fraction of sp³-hybridized carbons (Fsp3) is 0.429. The molecule has 6 heteroatoms. The van der Waals surface area contributed by atoms with Gasteiger partial charge in [-0.25, -0.2) is 4.98 Å². The van der Waals surface area contributed by atoms with Crippen molar-refractivity contribution >= 4 is 16.5 Å². The number of aryl methyl sites for hydroxylation is 1. The van der Waals surface area contributed by atoms with Crippen molar-refractivity contribution in [3.8, 4) is 5.75 Å². The average molecular weight is 291 g/mol. The van der Waals surface area contributed by atoms with E-state index in [0.717, 1.165) is 27.7 Å². The quantitative estimate of drug-likeness (QED) is 0.941. The number of nitrogens with zero attached hydrogens (tertiary/aromatic N) is 2. The van der Waals surface area contributed by atoms with Crippen LogP contribution in [0, 0.1) is 6.92 Å². The van der Waals surface area contributed by atoms with Crippen molar-refractivity contribution in [2.24, 2.45) is 0 Å². The molecule has 106 valence electrons. The standard InChI is InChI=1S/C14H17N3O2S/c1-9-12-11(8-18-14(2,3)19-12)10(6-16-9)7-17-13-15-4-5-20-13/h4-6H,7-8H2,1-3H3,(H,15,17). The summed E-state index contributed by atoms with van der Waals surface area (Å²) in [7, 11) is 0. The van der Waals surface area contributed by atoms with Crippen LogP contribution in [0.2, 0.25) is 0 Å². The van der Waals surface area contributed by atoms with Gasteiger partial charge < -0.3 is 14.8 Å². The number of fused-ring (bicyclic) bond motifs is 1. The Hall–Kier alpha value is -1.66. The van der Waals surface area contributed by atoms with Crippen molar-refractivity contribution in [2.75, 3.05) is 5.32 Å². The third kappa shape index (κ3) is 2.62. The Morgan fingerprint density at radius 2 is 2.25 bits per heavy atom. The molecular formula is C14H17N3O2S. The van der Waals surface area contributed by atoms with Gasteiger partial charge in [0, 0.05) is 43.7 Å². The van der Waals surface area contributed by atoms with E-state index in [0.29, 0.717) is 13.2 Å². The lowest BCUT2D eigenvalue weighted by Gasteiger charge is -2.34. The topological polar surface area (TPSA) is 56.3 Å². The van der Waals surface area contributed by atoms with Crippen molar-refractivity contribution in [1.29, 1.82) is 0 Å². The number of aromatic nitrogens is 2. The maximum Gasteiger partial charge on any atom is 0.205 e. The van der Waals surface area contributed by atoms with Crippen LogP contribution in [0.3, 0.4) is 0 Å². The van der Waals surface area contributed by atoms with Gasteiger partial charge in [0.15, 0.2) is 5.13 Å². The molecule has 2 aromatic rings. The van der Waals surface area contributed by atoms with Gasteiger partial charge in [0.05, 0.1) is 12.3 Å². The summed E-state index contributed by atoms with van der Waals surface area (Å²) in [5.74, 6) is 0.251. The molecule has 0 radical (unpaired) electrons. The minimum atomic E-state index is -0.596. The smallest absolute Gasteiger partial charge is 0.205 e. The van der Waals surface area contributed by atoms with Gasteiger partial charge in [-0.2, -0.15) is 0 Å². The van der Waals surface area contributed by atoms with E-state index < -0.39 is 5.79 Å². The summed E-state index contributed by atoms with van der Waals surface area (Å²) in [6.45, 7) is 6.99. The summed E-state index contributed by atoms with van der Waals surface area (Å²) in [5.41, 5.74) is 3.05. The second kappa shape index (κ2) is 5.03. The van der Waals surface area contributed by atoms with E-state index in [9.17, 15) is 0 Å². The Morgan fingerprint density at radius 3 is 3.00 bits per heavy atom. The third-order valence-corrected chi connectivity index (χ3v) is 3.91. The SMILES string of the molecule is Cc1ncc(CNc2nccs2)c2c1OC(C)(C)OC2. The summed E-state index contributed by atoms with van der Waals surface area (Å²) < 4.78 is 11.6. The number of nitrogens with one attached hydrogen (secondary N) is 1. The number of rotatable bonds is 3. The number of pyridine rings is 1. The van der Waals surface area contributed by atoms with Crippen LogP contribution < -0.4 is 10.1 Å². The van der Waals surface area contributed by atoms with Crippen LogP contribution in [0.1, 0.15) is 30.7 Å². The highest BCUT2D eigenvalue weighted by atomic mass is 32.1. The molecule has 3 rings (SSSR count). The van der Waals surface area contributed by atoms with Crippen LogP contribution >= 0.6 is 11.3 Å². The van der Waals surface area contributed by atoms with Crippen LogP contribution in [0.4, 0.5) is 5.13 Å². The van der Waals surface area contributed by atoms with Crippen molar-refractivity contribution < 1.29 is 9.47 Å². The highest BCUT2D eigenvalue weighted by molar-refractivity contribution is 7.13. The first-order chi connectivity index (χ1) is 9.55. The molecule has 2 aromatic heterocycles. The number of ether oxygens (including phenoxy) is 2. The summed E-state index contributed by atoms with van der Waals surface area (Å²) in [6, 6.07) is 0. The molecule has 0 spiro atoms. The molecule has 0 aromatic carbocycles. The number of hydrogen-bond donors (Lipinski definition) is 1. The second-order valence-electron chi connectivity index (χ2n) is 5.16. The van der Waals surface area contributed by atoms with E-state index in [1.54, 1.807) is 17.5 Å². The maximum atomic E-state index is 5.90. The summed E-state index contributed by atoms with van der Waals surface area (Å²) in [4.78, 5) is 8.63. The number of thiazole rings is 1. The van der Waals surface area contributed by atoms with Gasteiger partial charge >= 0.3 is 0 Å². The molecule has 0 atom stereocenters. The molecule has 0 saturated heterocycles. The third-order valence-electron chi connectivity index (χ3n) is 3.18. The average Bonchev–Trinajstić information content (AvgIpc) is 2.91. The normalized spacial score (nSPS) is 16.4. The van der Waals surface area contributed by atoms with E-state index in [-0.39, 0.29) is 0 Å². The lowest BCUT2D eigenvalue weighted by Crippen LogP contribution is -2.36. The number of anilines is 1. The van der Waals surface area contributed by atoms with Gasteiger partial charge in [-0.1, -0.05) is 0 Å². The highest BCUT2D eigenvalue weighted by Gasteiger charge is 2.30. The molecule has 1 N–H and O–H groups in total. The lowest BCUT2D eigenvalue weighted by molar-refractivity contribution is -0.180. The van der Waals surface area contributed by atoms with Gasteiger partial charge in [-0.05, 0) is 12.5 Å². The molecule has 5 nitrogen and oxygen atoms in total. The predicted molar refractivity (Wildman–Crippen MR) is 77.9 cm³/mol. The highest BCUT2D eigenvalue weighted by Crippen LogP contribution is 2.35. The first kappa shape index (κ1) is 13.3. The van der Waals surface area contributed by atoms with E-state index in [4.69, 9.17) is 9.47 Å². The minimum Gasteiger partial charge on any atom is -0.461 e. The van der Waals surface area contributed by atoms with Crippen LogP contribution in [-0.4, -0.2) is 15.8 Å². The zero-order valence-electron chi connectivity index (χ0n) is 11.8. The summed E-state index contributed by atoms with van der Waals surface area (Å²) >= 11 is 1.58. The van der Waals surface area contributed by atoms with Gasteiger partial charge in [0.1, 0.15) is 5.75 Å². The summed E-state index contributed by atoms with van der Waals surface area (Å²) in [5, 5.41) is 6.13. The van der Waals surface area contributed by atoms with Gasteiger partial charge in [0.25, 0.3) is 0 Å². The fourth-order valence-corrected chi connectivity index (χ4v) is 2.65. The Kier molecular flexibility index (Phi) is 3.35. The number of hydrogen-bond acceptors (Lipinski definition) is 6. The Balaban J connectivity index is 1.86. The van der Waals surface area contributed by atoms with E-state index >= 15 is 0 Å². The van der Waals surface area contributed by atoms with Crippen LogP contribution in [0.15, 0.2) is 17.8 Å². The molecule has 3 heterocycles. The molecule has 0 bridgehead atoms. The van der Waals surface area contributed by atoms with Crippen molar-refractivity contribution in [2.45, 2.75) is 39.7 Å². The monoisotopic (exact) mass is 291 g/mol. The largest absolute Gasteiger partial charge is 0.461 e. The first-order valence-electron chi connectivity index (χ1n) is 6.49. The maximum absolute atomic E-state index is 5.90. The van der Waals surface area contributed by atoms with Crippen molar-refractivity contribution in [3.05, 3.63) is 34.6 Å². The van der Waals surface area contributed by atoms with E-state index in [1.807, 2.05) is 32.3 Å².